The van der Waals surface area contributed by atoms with Crippen LogP contribution in [0.25, 0.3) is 0 Å². The highest BCUT2D eigenvalue weighted by Gasteiger charge is 2.34. The van der Waals surface area contributed by atoms with E-state index < -0.39 is 0 Å². The summed E-state index contributed by atoms with van der Waals surface area (Å²) in [4.78, 5) is 16.6. The van der Waals surface area contributed by atoms with E-state index in [-0.39, 0.29) is 11.8 Å². The maximum Gasteiger partial charge on any atom is 0.230 e. The van der Waals surface area contributed by atoms with Crippen molar-refractivity contribution in [3.05, 3.63) is 28.2 Å². The van der Waals surface area contributed by atoms with Crippen molar-refractivity contribution in [2.45, 2.75) is 19.8 Å². The molecule has 1 aromatic carbocycles. The largest absolute Gasteiger partial charge is 0.312 e. The van der Waals surface area contributed by atoms with Gasteiger partial charge in [0.25, 0.3) is 0 Å². The minimum atomic E-state index is 0.186. The second kappa shape index (κ2) is 6.99. The minimum Gasteiger partial charge on any atom is -0.312 e. The molecule has 21 heavy (non-hydrogen) atoms. The molecule has 1 aliphatic carbocycles. The van der Waals surface area contributed by atoms with Crippen molar-refractivity contribution >= 4 is 34.8 Å². The summed E-state index contributed by atoms with van der Waals surface area (Å²) < 4.78 is 0. The second-order valence-corrected chi connectivity index (χ2v) is 7.00. The molecule has 0 aromatic heterocycles. The van der Waals surface area contributed by atoms with Crippen LogP contribution in [0.4, 0.5) is 5.69 Å². The van der Waals surface area contributed by atoms with E-state index >= 15 is 0 Å². The third-order valence-corrected chi connectivity index (χ3v) is 4.32. The zero-order chi connectivity index (χ0) is 15.6. The van der Waals surface area contributed by atoms with Gasteiger partial charge in [0, 0.05) is 24.7 Å². The van der Waals surface area contributed by atoms with Gasteiger partial charge in [-0.25, -0.2) is 0 Å². The predicted molar refractivity (Wildman–Crippen MR) is 89.3 cm³/mol. The normalized spacial score (nSPS) is 16.1. The van der Waals surface area contributed by atoms with Gasteiger partial charge in [0.15, 0.2) is 0 Å². The fourth-order valence-corrected chi connectivity index (χ4v) is 2.81. The molecule has 0 radical (unpaired) electrons. The Hall–Kier alpha value is -0.770. The molecule has 2 rings (SSSR count). The van der Waals surface area contributed by atoms with Gasteiger partial charge in [0.2, 0.25) is 5.91 Å². The minimum absolute atomic E-state index is 0.186. The molecule has 0 aliphatic heterocycles. The van der Waals surface area contributed by atoms with Crippen LogP contribution in [0, 0.1) is 11.8 Å². The summed E-state index contributed by atoms with van der Waals surface area (Å²) >= 11 is 12.1. The monoisotopic (exact) mass is 328 g/mol. The van der Waals surface area contributed by atoms with Gasteiger partial charge < -0.3 is 9.80 Å². The zero-order valence-electron chi connectivity index (χ0n) is 12.8. The van der Waals surface area contributed by atoms with Crippen molar-refractivity contribution in [3.63, 3.8) is 0 Å². The fraction of sp³-hybridized carbons (Fsp3) is 0.562. The molecule has 1 aromatic rings. The van der Waals surface area contributed by atoms with Crippen LogP contribution in [-0.2, 0) is 4.79 Å². The summed E-state index contributed by atoms with van der Waals surface area (Å²) in [6.07, 6.45) is 2.00. The molecule has 0 bridgehead atoms. The molecule has 0 saturated heterocycles. The van der Waals surface area contributed by atoms with E-state index in [1.165, 1.54) is 0 Å². The van der Waals surface area contributed by atoms with E-state index in [4.69, 9.17) is 23.2 Å². The van der Waals surface area contributed by atoms with E-state index in [0.29, 0.717) is 22.5 Å². The molecule has 1 atom stereocenters. The van der Waals surface area contributed by atoms with Gasteiger partial charge in [0.1, 0.15) is 0 Å². The van der Waals surface area contributed by atoms with Crippen molar-refractivity contribution in [3.8, 4) is 0 Å². The Balaban J connectivity index is 2.18. The van der Waals surface area contributed by atoms with E-state index in [2.05, 4.69) is 11.8 Å². The van der Waals surface area contributed by atoms with E-state index in [1.807, 2.05) is 25.1 Å². The molecule has 1 aliphatic rings. The SMILES string of the molecule is CC(CN(C)C)CN(C(=O)C1CC1)c1ccc(Cl)c(Cl)c1. The van der Waals surface area contributed by atoms with Gasteiger partial charge in [0.05, 0.1) is 10.0 Å². The van der Waals surface area contributed by atoms with Crippen LogP contribution in [0.5, 0.6) is 0 Å². The Bertz CT molecular complexity index is 515. The molecular formula is C16H22Cl2N2O. The quantitative estimate of drug-likeness (QED) is 0.789. The van der Waals surface area contributed by atoms with E-state index in [1.54, 1.807) is 12.1 Å². The Morgan fingerprint density at radius 3 is 2.43 bits per heavy atom. The first-order chi connectivity index (χ1) is 9.88. The number of halogens is 2. The first-order valence-electron chi connectivity index (χ1n) is 7.29. The van der Waals surface area contributed by atoms with Crippen LogP contribution >= 0.6 is 23.2 Å². The third-order valence-electron chi connectivity index (χ3n) is 3.58. The van der Waals surface area contributed by atoms with E-state index in [9.17, 15) is 4.79 Å². The lowest BCUT2D eigenvalue weighted by Gasteiger charge is -2.28. The van der Waals surface area contributed by atoms with Gasteiger partial charge in [-0.15, -0.1) is 0 Å². The topological polar surface area (TPSA) is 23.6 Å². The predicted octanol–water partition coefficient (Wildman–Crippen LogP) is 3.93. The van der Waals surface area contributed by atoms with Crippen molar-refractivity contribution in [2.75, 3.05) is 32.1 Å². The first-order valence-corrected chi connectivity index (χ1v) is 8.05. The van der Waals surface area contributed by atoms with Crippen LogP contribution in [0.15, 0.2) is 18.2 Å². The second-order valence-electron chi connectivity index (χ2n) is 6.19. The fourth-order valence-electron chi connectivity index (χ4n) is 2.52. The highest BCUT2D eigenvalue weighted by atomic mass is 35.5. The number of carbonyl (C=O) groups is 1. The summed E-state index contributed by atoms with van der Waals surface area (Å²) in [7, 11) is 4.09. The lowest BCUT2D eigenvalue weighted by molar-refractivity contribution is -0.119. The number of nitrogens with zero attached hydrogens (tertiary/aromatic N) is 2. The smallest absolute Gasteiger partial charge is 0.230 e. The molecule has 116 valence electrons. The lowest BCUT2D eigenvalue weighted by atomic mass is 10.1. The van der Waals surface area contributed by atoms with E-state index in [0.717, 1.165) is 25.1 Å². The Morgan fingerprint density at radius 1 is 1.24 bits per heavy atom. The number of rotatable bonds is 6. The lowest BCUT2D eigenvalue weighted by Crippen LogP contribution is -2.38. The van der Waals surface area contributed by atoms with Gasteiger partial charge in [-0.3, -0.25) is 4.79 Å². The van der Waals surface area contributed by atoms with Crippen LogP contribution < -0.4 is 4.90 Å². The van der Waals surface area contributed by atoms with Crippen molar-refractivity contribution in [1.82, 2.24) is 4.90 Å². The summed E-state index contributed by atoms with van der Waals surface area (Å²) in [5.41, 5.74) is 0.840. The number of hydrogen-bond donors (Lipinski definition) is 0. The van der Waals surface area contributed by atoms with Gasteiger partial charge in [-0.1, -0.05) is 30.1 Å². The molecule has 1 unspecified atom stereocenters. The van der Waals surface area contributed by atoms with Crippen LogP contribution in [0.2, 0.25) is 10.0 Å². The zero-order valence-corrected chi connectivity index (χ0v) is 14.3. The summed E-state index contributed by atoms with van der Waals surface area (Å²) in [6, 6.07) is 5.41. The van der Waals surface area contributed by atoms with Gasteiger partial charge in [-0.05, 0) is 51.1 Å². The molecule has 0 heterocycles. The first kappa shape index (κ1) is 16.6. The number of amides is 1. The summed E-state index contributed by atoms with van der Waals surface area (Å²) in [6.45, 7) is 3.80. The molecular weight excluding hydrogens is 307 g/mol. The van der Waals surface area contributed by atoms with Crippen molar-refractivity contribution < 1.29 is 4.79 Å². The molecule has 5 heteroatoms. The standard InChI is InChI=1S/C16H22Cl2N2O/c1-11(9-19(2)3)10-20(16(21)12-4-5-12)13-6-7-14(17)15(18)8-13/h6-8,11-12H,4-5,9-10H2,1-3H3. The average molecular weight is 329 g/mol. The van der Waals surface area contributed by atoms with Crippen LogP contribution in [0.3, 0.4) is 0 Å². The number of anilines is 1. The maximum absolute atomic E-state index is 12.6. The molecule has 0 spiro atoms. The van der Waals surface area contributed by atoms with Gasteiger partial charge in [-0.2, -0.15) is 0 Å². The highest BCUT2D eigenvalue weighted by Crippen LogP contribution is 2.34. The van der Waals surface area contributed by atoms with Crippen LogP contribution in [-0.4, -0.2) is 38.0 Å². The third kappa shape index (κ3) is 4.60. The molecule has 1 fully saturated rings. The summed E-state index contributed by atoms with van der Waals surface area (Å²) in [5.74, 6) is 0.780. The van der Waals surface area contributed by atoms with Crippen molar-refractivity contribution in [1.29, 1.82) is 0 Å². The highest BCUT2D eigenvalue weighted by molar-refractivity contribution is 6.42. The van der Waals surface area contributed by atoms with Gasteiger partial charge >= 0.3 is 0 Å². The molecule has 1 amide bonds. The Labute approximate surface area is 136 Å². The Morgan fingerprint density at radius 2 is 1.90 bits per heavy atom. The molecule has 0 N–H and O–H groups in total. The average Bonchev–Trinajstić information content (AvgIpc) is 3.22. The van der Waals surface area contributed by atoms with Crippen molar-refractivity contribution in [2.24, 2.45) is 11.8 Å². The number of hydrogen-bond acceptors (Lipinski definition) is 2. The van der Waals surface area contributed by atoms with Crippen LogP contribution in [0.1, 0.15) is 19.8 Å². The number of carbonyl (C=O) groups excluding carboxylic acids is 1. The molecule has 1 saturated carbocycles. The Kier molecular flexibility index (Phi) is 5.53. The number of benzene rings is 1. The maximum atomic E-state index is 12.6. The summed E-state index contributed by atoms with van der Waals surface area (Å²) in [5, 5.41) is 1.00. The molecule has 3 nitrogen and oxygen atoms in total.